The second-order valence-corrected chi connectivity index (χ2v) is 1.55. The smallest absolute Gasteiger partial charge is 0.117 e. The number of hydrogen-bond acceptors (Lipinski definition) is 3. The van der Waals surface area contributed by atoms with Crippen LogP contribution < -0.4 is 10.6 Å². The van der Waals surface area contributed by atoms with Crippen LogP contribution in [-0.4, -0.2) is 12.7 Å². The van der Waals surface area contributed by atoms with Crippen molar-refractivity contribution in [3.05, 3.63) is 12.3 Å². The minimum absolute atomic E-state index is 0.101. The van der Waals surface area contributed by atoms with Gasteiger partial charge in [0.1, 0.15) is 6.04 Å². The Balaban J connectivity index is 2.46. The molecule has 0 amide bonds. The van der Waals surface area contributed by atoms with Crippen LogP contribution in [0.15, 0.2) is 12.3 Å². The normalized spacial score (nSPS) is 26.1. The van der Waals surface area contributed by atoms with E-state index in [1.165, 1.54) is 0 Å². The molecule has 1 aliphatic rings. The van der Waals surface area contributed by atoms with E-state index in [4.69, 9.17) is 5.26 Å². The summed E-state index contributed by atoms with van der Waals surface area (Å²) in [6.45, 7) is 0.689. The molecule has 0 saturated heterocycles. The minimum Gasteiger partial charge on any atom is -0.379 e. The van der Waals surface area contributed by atoms with Gasteiger partial charge in [-0.1, -0.05) is 0 Å². The lowest BCUT2D eigenvalue weighted by Crippen LogP contribution is -2.36. The van der Waals surface area contributed by atoms with Gasteiger partial charge < -0.3 is 5.32 Å². The summed E-state index contributed by atoms with van der Waals surface area (Å²) in [5.41, 5.74) is 0. The molecular formula is C5H7N3. The zero-order valence-electron chi connectivity index (χ0n) is 4.39. The summed E-state index contributed by atoms with van der Waals surface area (Å²) in [7, 11) is 0. The van der Waals surface area contributed by atoms with Crippen LogP contribution in [-0.2, 0) is 0 Å². The number of nitrogens with zero attached hydrogens (tertiary/aromatic N) is 1. The quantitative estimate of drug-likeness (QED) is 0.442. The maximum Gasteiger partial charge on any atom is 0.117 e. The van der Waals surface area contributed by atoms with E-state index in [1.807, 2.05) is 0 Å². The van der Waals surface area contributed by atoms with E-state index >= 15 is 0 Å². The van der Waals surface area contributed by atoms with Crippen LogP contribution in [0.4, 0.5) is 0 Å². The molecule has 42 valence electrons. The summed E-state index contributed by atoms with van der Waals surface area (Å²) in [5.74, 6) is 0. The largest absolute Gasteiger partial charge is 0.379 e. The Morgan fingerprint density at radius 3 is 3.00 bits per heavy atom. The highest BCUT2D eigenvalue weighted by molar-refractivity contribution is 5.07. The number of rotatable bonds is 0. The van der Waals surface area contributed by atoms with Gasteiger partial charge in [-0.15, -0.1) is 0 Å². The zero-order chi connectivity index (χ0) is 5.82. The van der Waals surface area contributed by atoms with Gasteiger partial charge in [-0.25, -0.2) is 0 Å². The summed E-state index contributed by atoms with van der Waals surface area (Å²) in [5, 5.41) is 14.1. The molecule has 0 fully saturated rings. The summed E-state index contributed by atoms with van der Waals surface area (Å²) < 4.78 is 0. The Hall–Kier alpha value is -1.01. The lowest BCUT2D eigenvalue weighted by molar-refractivity contribution is 0.613. The summed E-state index contributed by atoms with van der Waals surface area (Å²) in [4.78, 5) is 0. The van der Waals surface area contributed by atoms with E-state index < -0.39 is 0 Å². The van der Waals surface area contributed by atoms with Crippen molar-refractivity contribution in [3.8, 4) is 6.07 Å². The molecule has 1 aliphatic heterocycles. The van der Waals surface area contributed by atoms with Crippen molar-refractivity contribution in [2.75, 3.05) is 6.67 Å². The molecule has 1 unspecified atom stereocenters. The molecule has 1 atom stereocenters. The van der Waals surface area contributed by atoms with Gasteiger partial charge in [0.2, 0.25) is 0 Å². The first-order chi connectivity index (χ1) is 3.93. The van der Waals surface area contributed by atoms with Crippen molar-refractivity contribution in [1.29, 1.82) is 5.26 Å². The maximum atomic E-state index is 8.30. The maximum absolute atomic E-state index is 8.30. The molecule has 1 heterocycles. The molecule has 0 spiro atoms. The van der Waals surface area contributed by atoms with Gasteiger partial charge in [-0.3, -0.25) is 5.32 Å². The minimum atomic E-state index is -0.101. The molecular weight excluding hydrogens is 102 g/mol. The molecule has 0 aromatic rings. The molecule has 0 saturated carbocycles. The predicted molar refractivity (Wildman–Crippen MR) is 29.7 cm³/mol. The highest BCUT2D eigenvalue weighted by atomic mass is 15.1. The van der Waals surface area contributed by atoms with Crippen LogP contribution in [0.3, 0.4) is 0 Å². The van der Waals surface area contributed by atoms with Crippen molar-refractivity contribution >= 4 is 0 Å². The number of nitriles is 1. The highest BCUT2D eigenvalue weighted by Crippen LogP contribution is 1.84. The Kier molecular flexibility index (Phi) is 1.50. The average Bonchev–Trinajstić information content (AvgIpc) is 1.90. The lowest BCUT2D eigenvalue weighted by Gasteiger charge is -2.11. The van der Waals surface area contributed by atoms with Crippen LogP contribution in [0.1, 0.15) is 0 Å². The standard InChI is InChI=1S/C5H7N3/c6-3-5-1-2-7-4-8-5/h1-2,5,7-8H,4H2. The summed E-state index contributed by atoms with van der Waals surface area (Å²) >= 11 is 0. The number of nitrogens with one attached hydrogen (secondary N) is 2. The van der Waals surface area contributed by atoms with Crippen LogP contribution in [0, 0.1) is 11.3 Å². The predicted octanol–water partition coefficient (Wildman–Crippen LogP) is -0.457. The average molecular weight is 109 g/mol. The van der Waals surface area contributed by atoms with Gasteiger partial charge in [-0.2, -0.15) is 5.26 Å². The third-order valence-electron chi connectivity index (χ3n) is 0.970. The third kappa shape index (κ3) is 0.983. The van der Waals surface area contributed by atoms with Crippen LogP contribution in [0.5, 0.6) is 0 Å². The van der Waals surface area contributed by atoms with Gasteiger partial charge in [-0.05, 0) is 12.3 Å². The van der Waals surface area contributed by atoms with Crippen molar-refractivity contribution in [3.63, 3.8) is 0 Å². The Bertz CT molecular complexity index is 133. The molecule has 3 heteroatoms. The van der Waals surface area contributed by atoms with Crippen molar-refractivity contribution in [2.45, 2.75) is 6.04 Å². The van der Waals surface area contributed by atoms with Gasteiger partial charge in [0, 0.05) is 0 Å². The summed E-state index contributed by atoms with van der Waals surface area (Å²) in [6, 6.07) is 1.97. The van der Waals surface area contributed by atoms with Crippen molar-refractivity contribution in [1.82, 2.24) is 10.6 Å². The van der Waals surface area contributed by atoms with Crippen LogP contribution >= 0.6 is 0 Å². The monoisotopic (exact) mass is 109 g/mol. The molecule has 1 rings (SSSR count). The second kappa shape index (κ2) is 2.34. The molecule has 3 nitrogen and oxygen atoms in total. The molecule has 0 bridgehead atoms. The van der Waals surface area contributed by atoms with Crippen molar-refractivity contribution in [2.24, 2.45) is 0 Å². The second-order valence-electron chi connectivity index (χ2n) is 1.55. The van der Waals surface area contributed by atoms with E-state index in [-0.39, 0.29) is 6.04 Å². The molecule has 0 aromatic carbocycles. The Labute approximate surface area is 48.0 Å². The molecule has 8 heavy (non-hydrogen) atoms. The van der Waals surface area contributed by atoms with E-state index in [2.05, 4.69) is 16.7 Å². The van der Waals surface area contributed by atoms with Crippen LogP contribution in [0.2, 0.25) is 0 Å². The van der Waals surface area contributed by atoms with Gasteiger partial charge >= 0.3 is 0 Å². The Morgan fingerprint density at radius 1 is 1.75 bits per heavy atom. The topological polar surface area (TPSA) is 47.9 Å². The highest BCUT2D eigenvalue weighted by Gasteiger charge is 2.01. The molecule has 2 N–H and O–H groups in total. The molecule has 0 radical (unpaired) electrons. The van der Waals surface area contributed by atoms with E-state index in [9.17, 15) is 0 Å². The van der Waals surface area contributed by atoms with Crippen LogP contribution in [0.25, 0.3) is 0 Å². The SMILES string of the molecule is N#CC1C=CNCN1. The van der Waals surface area contributed by atoms with E-state index in [1.54, 1.807) is 12.3 Å². The lowest BCUT2D eigenvalue weighted by atomic mass is 10.3. The first-order valence-electron chi connectivity index (χ1n) is 2.46. The fourth-order valence-electron chi connectivity index (χ4n) is 0.549. The molecule has 0 aliphatic carbocycles. The molecule has 0 aromatic heterocycles. The fourth-order valence-corrected chi connectivity index (χ4v) is 0.549. The van der Waals surface area contributed by atoms with E-state index in [0.717, 1.165) is 0 Å². The third-order valence-corrected chi connectivity index (χ3v) is 0.970. The zero-order valence-corrected chi connectivity index (χ0v) is 4.39. The fraction of sp³-hybridized carbons (Fsp3) is 0.400. The van der Waals surface area contributed by atoms with E-state index in [0.29, 0.717) is 6.67 Å². The Morgan fingerprint density at radius 2 is 2.62 bits per heavy atom. The first kappa shape index (κ1) is 5.13. The van der Waals surface area contributed by atoms with Crippen molar-refractivity contribution < 1.29 is 0 Å². The van der Waals surface area contributed by atoms with Gasteiger partial charge in [0.05, 0.1) is 12.7 Å². The first-order valence-corrected chi connectivity index (χ1v) is 2.46. The van der Waals surface area contributed by atoms with Gasteiger partial charge in [0.15, 0.2) is 0 Å². The number of hydrogen-bond donors (Lipinski definition) is 2. The summed E-state index contributed by atoms with van der Waals surface area (Å²) in [6.07, 6.45) is 3.56. The van der Waals surface area contributed by atoms with Gasteiger partial charge in [0.25, 0.3) is 0 Å².